The lowest BCUT2D eigenvalue weighted by molar-refractivity contribution is -0.116. The van der Waals surface area contributed by atoms with Gasteiger partial charge in [0.1, 0.15) is 0 Å². The quantitative estimate of drug-likeness (QED) is 0.621. The van der Waals surface area contributed by atoms with Crippen LogP contribution in [0.4, 0.5) is 0 Å². The van der Waals surface area contributed by atoms with Crippen molar-refractivity contribution in [2.24, 2.45) is 0 Å². The van der Waals surface area contributed by atoms with Crippen molar-refractivity contribution >= 4 is 33.6 Å². The Hall–Kier alpha value is -2.15. The van der Waals surface area contributed by atoms with Gasteiger partial charge in [-0.3, -0.25) is 4.79 Å². The molecule has 5 nitrogen and oxygen atoms in total. The smallest absolute Gasteiger partial charge is 0.244 e. The third-order valence-corrected chi connectivity index (χ3v) is 7.13. The fourth-order valence-corrected chi connectivity index (χ4v) is 4.66. The number of hydrogen-bond donors (Lipinski definition) is 2. The Morgan fingerprint density at radius 1 is 1.10 bits per heavy atom. The molecule has 0 spiro atoms. The van der Waals surface area contributed by atoms with E-state index in [1.807, 2.05) is 24.3 Å². The van der Waals surface area contributed by atoms with Crippen LogP contribution in [0.1, 0.15) is 37.3 Å². The second-order valence-corrected chi connectivity index (χ2v) is 9.47. The molecule has 0 heterocycles. The number of sulfonamides is 1. The number of nitrogens with one attached hydrogen (secondary N) is 2. The fraction of sp³-hybridized carbons (Fsp3) is 0.318. The van der Waals surface area contributed by atoms with Gasteiger partial charge in [0.2, 0.25) is 15.9 Å². The molecule has 0 unspecified atom stereocenters. The van der Waals surface area contributed by atoms with Gasteiger partial charge in [-0.1, -0.05) is 49.2 Å². The van der Waals surface area contributed by atoms with Gasteiger partial charge in [0.15, 0.2) is 0 Å². The molecule has 2 N–H and O–H groups in total. The van der Waals surface area contributed by atoms with Crippen LogP contribution in [0.2, 0.25) is 5.02 Å². The summed E-state index contributed by atoms with van der Waals surface area (Å²) in [5.74, 6) is -0.172. The molecule has 1 fully saturated rings. The third-order valence-electron chi connectivity index (χ3n) is 5.32. The molecule has 2 aromatic rings. The molecule has 3 rings (SSSR count). The third kappa shape index (κ3) is 5.26. The fourth-order valence-electron chi connectivity index (χ4n) is 3.49. The molecule has 0 aliphatic heterocycles. The van der Waals surface area contributed by atoms with E-state index in [9.17, 15) is 13.2 Å². The molecule has 2 aromatic carbocycles. The molecule has 1 aliphatic rings. The van der Waals surface area contributed by atoms with E-state index in [1.54, 1.807) is 25.1 Å². The molecule has 0 aromatic heterocycles. The SMILES string of the molecule is CCNS(=O)(=O)c1ccc(C=CC(=O)NCC2(c3ccc(Cl)cc3)CCC2)cc1. The first-order chi connectivity index (χ1) is 13.8. The van der Waals surface area contributed by atoms with Crippen LogP contribution in [0, 0.1) is 0 Å². The summed E-state index contributed by atoms with van der Waals surface area (Å²) in [5, 5.41) is 3.70. The van der Waals surface area contributed by atoms with Crippen LogP contribution in [0.15, 0.2) is 59.5 Å². The maximum absolute atomic E-state index is 12.3. The Morgan fingerprint density at radius 2 is 1.76 bits per heavy atom. The molecule has 0 bridgehead atoms. The minimum atomic E-state index is -3.47. The predicted octanol–water partition coefficient (Wildman–Crippen LogP) is 3.89. The molecule has 1 aliphatic carbocycles. The normalized spacial score (nSPS) is 15.8. The van der Waals surface area contributed by atoms with Crippen LogP contribution in [-0.2, 0) is 20.2 Å². The summed E-state index contributed by atoms with van der Waals surface area (Å²) in [6.45, 7) is 2.65. The van der Waals surface area contributed by atoms with Crippen molar-refractivity contribution in [2.45, 2.75) is 36.5 Å². The molecule has 0 saturated heterocycles. The molecule has 29 heavy (non-hydrogen) atoms. The van der Waals surface area contributed by atoms with Gasteiger partial charge < -0.3 is 5.32 Å². The van der Waals surface area contributed by atoms with Gasteiger partial charge in [0, 0.05) is 29.6 Å². The topological polar surface area (TPSA) is 75.3 Å². The van der Waals surface area contributed by atoms with E-state index in [4.69, 9.17) is 11.6 Å². The molecule has 154 valence electrons. The van der Waals surface area contributed by atoms with Crippen LogP contribution in [-0.4, -0.2) is 27.4 Å². The Morgan fingerprint density at radius 3 is 2.31 bits per heavy atom. The number of benzene rings is 2. The second-order valence-electron chi connectivity index (χ2n) is 7.26. The van der Waals surface area contributed by atoms with Crippen molar-refractivity contribution in [1.29, 1.82) is 0 Å². The molecule has 0 radical (unpaired) electrons. The van der Waals surface area contributed by atoms with E-state index < -0.39 is 10.0 Å². The van der Waals surface area contributed by atoms with Gasteiger partial charge in [0.05, 0.1) is 4.90 Å². The molecular formula is C22H25ClN2O3S. The van der Waals surface area contributed by atoms with E-state index in [2.05, 4.69) is 10.0 Å². The first kappa shape index (κ1) is 21.6. The summed E-state index contributed by atoms with van der Waals surface area (Å²) in [6.07, 6.45) is 6.38. The predicted molar refractivity (Wildman–Crippen MR) is 116 cm³/mol. The highest BCUT2D eigenvalue weighted by Crippen LogP contribution is 2.43. The summed E-state index contributed by atoms with van der Waals surface area (Å²) in [4.78, 5) is 12.5. The van der Waals surface area contributed by atoms with Crippen LogP contribution < -0.4 is 10.0 Å². The number of carbonyl (C=O) groups is 1. The van der Waals surface area contributed by atoms with Gasteiger partial charge in [-0.2, -0.15) is 0 Å². The minimum Gasteiger partial charge on any atom is -0.352 e. The van der Waals surface area contributed by atoms with Gasteiger partial charge >= 0.3 is 0 Å². The summed E-state index contributed by atoms with van der Waals surface area (Å²) in [7, 11) is -3.47. The summed E-state index contributed by atoms with van der Waals surface area (Å²) < 4.78 is 26.4. The van der Waals surface area contributed by atoms with Gasteiger partial charge in [0.25, 0.3) is 0 Å². The van der Waals surface area contributed by atoms with Crippen LogP contribution in [0.3, 0.4) is 0 Å². The highest BCUT2D eigenvalue weighted by Gasteiger charge is 2.38. The van der Waals surface area contributed by atoms with Crippen molar-refractivity contribution in [1.82, 2.24) is 10.0 Å². The van der Waals surface area contributed by atoms with Crippen molar-refractivity contribution in [2.75, 3.05) is 13.1 Å². The Kier molecular flexibility index (Phi) is 6.77. The maximum atomic E-state index is 12.3. The Labute approximate surface area is 177 Å². The van der Waals surface area contributed by atoms with Crippen molar-refractivity contribution in [3.05, 3.63) is 70.8 Å². The highest BCUT2D eigenvalue weighted by atomic mass is 35.5. The van der Waals surface area contributed by atoms with Gasteiger partial charge in [-0.15, -0.1) is 0 Å². The van der Waals surface area contributed by atoms with Crippen LogP contribution in [0.5, 0.6) is 0 Å². The van der Waals surface area contributed by atoms with Crippen molar-refractivity contribution < 1.29 is 13.2 Å². The summed E-state index contributed by atoms with van der Waals surface area (Å²) in [6, 6.07) is 14.2. The van der Waals surface area contributed by atoms with E-state index in [1.165, 1.54) is 23.8 Å². The van der Waals surface area contributed by atoms with Crippen molar-refractivity contribution in [3.8, 4) is 0 Å². The van der Waals surface area contributed by atoms with Gasteiger partial charge in [-0.05, 0) is 54.3 Å². The lowest BCUT2D eigenvalue weighted by atomic mass is 9.64. The number of carbonyl (C=O) groups excluding carboxylic acids is 1. The lowest BCUT2D eigenvalue weighted by Gasteiger charge is -2.42. The van der Waals surface area contributed by atoms with Crippen LogP contribution in [0.25, 0.3) is 6.08 Å². The largest absolute Gasteiger partial charge is 0.352 e. The highest BCUT2D eigenvalue weighted by molar-refractivity contribution is 7.89. The zero-order chi connectivity index (χ0) is 20.9. The molecule has 1 amide bonds. The lowest BCUT2D eigenvalue weighted by Crippen LogP contribution is -2.45. The van der Waals surface area contributed by atoms with Gasteiger partial charge in [-0.25, -0.2) is 13.1 Å². The van der Waals surface area contributed by atoms with E-state index >= 15 is 0 Å². The molecular weight excluding hydrogens is 408 g/mol. The molecule has 7 heteroatoms. The zero-order valence-electron chi connectivity index (χ0n) is 16.3. The van der Waals surface area contributed by atoms with E-state index in [0.717, 1.165) is 24.8 Å². The molecule has 1 saturated carbocycles. The zero-order valence-corrected chi connectivity index (χ0v) is 17.9. The average molecular weight is 433 g/mol. The number of rotatable bonds is 8. The van der Waals surface area contributed by atoms with E-state index in [-0.39, 0.29) is 16.2 Å². The number of halogens is 1. The standard InChI is InChI=1S/C22H25ClN2O3S/c1-2-25-29(27,28)20-11-4-17(5-12-20)6-13-21(26)24-16-22(14-3-15-22)18-7-9-19(23)10-8-18/h4-13,25H,2-3,14-16H2,1H3,(H,24,26). The minimum absolute atomic E-state index is 0.0175. The van der Waals surface area contributed by atoms with E-state index in [0.29, 0.717) is 18.1 Å². The maximum Gasteiger partial charge on any atom is 0.244 e. The Balaban J connectivity index is 1.59. The first-order valence-corrected chi connectivity index (χ1v) is 11.5. The number of hydrogen-bond acceptors (Lipinski definition) is 3. The number of amides is 1. The second kappa shape index (κ2) is 9.11. The van der Waals surface area contributed by atoms with Crippen molar-refractivity contribution in [3.63, 3.8) is 0 Å². The average Bonchev–Trinajstić information content (AvgIpc) is 2.67. The Bertz CT molecular complexity index is 980. The monoisotopic (exact) mass is 432 g/mol. The molecule has 0 atom stereocenters. The van der Waals surface area contributed by atoms with Crippen LogP contribution >= 0.6 is 11.6 Å². The summed E-state index contributed by atoms with van der Waals surface area (Å²) in [5.41, 5.74) is 1.94. The first-order valence-electron chi connectivity index (χ1n) is 9.66. The summed E-state index contributed by atoms with van der Waals surface area (Å²) >= 11 is 5.98.